The van der Waals surface area contributed by atoms with Crippen molar-refractivity contribution in [2.75, 3.05) is 7.05 Å². The van der Waals surface area contributed by atoms with Gasteiger partial charge in [-0.1, -0.05) is 6.92 Å². The van der Waals surface area contributed by atoms with E-state index in [9.17, 15) is 4.79 Å². The van der Waals surface area contributed by atoms with Gasteiger partial charge in [0, 0.05) is 7.05 Å². The van der Waals surface area contributed by atoms with Gasteiger partial charge >= 0.3 is 0 Å². The monoisotopic (exact) mass is 149 g/mol. The molecule has 0 heterocycles. The molecule has 0 fully saturated rings. The van der Waals surface area contributed by atoms with Gasteiger partial charge in [0.2, 0.25) is 5.91 Å². The highest BCUT2D eigenvalue weighted by Crippen LogP contribution is 2.17. The molecule has 54 valence electrons. The molecule has 9 heavy (non-hydrogen) atoms. The number of amides is 1. The van der Waals surface area contributed by atoms with E-state index in [1.54, 1.807) is 14.0 Å². The summed E-state index contributed by atoms with van der Waals surface area (Å²) in [6.07, 6.45) is 0.647. The van der Waals surface area contributed by atoms with Gasteiger partial charge in [0.25, 0.3) is 0 Å². The SMILES string of the molecule is CCC(C)(Cl)C(=O)NC. The lowest BCUT2D eigenvalue weighted by Crippen LogP contribution is -2.37. The molecule has 0 aromatic carbocycles. The molecular weight excluding hydrogens is 138 g/mol. The van der Waals surface area contributed by atoms with Crippen LogP contribution in [0.2, 0.25) is 0 Å². The van der Waals surface area contributed by atoms with Crippen molar-refractivity contribution in [1.82, 2.24) is 5.32 Å². The lowest BCUT2D eigenvalue weighted by Gasteiger charge is -2.16. The van der Waals surface area contributed by atoms with Crippen molar-refractivity contribution in [2.24, 2.45) is 0 Å². The van der Waals surface area contributed by atoms with E-state index >= 15 is 0 Å². The average Bonchev–Trinajstić information content (AvgIpc) is 1.86. The van der Waals surface area contributed by atoms with Crippen LogP contribution >= 0.6 is 11.6 Å². The normalized spacial score (nSPS) is 16.4. The Morgan fingerprint density at radius 2 is 2.22 bits per heavy atom. The first-order chi connectivity index (χ1) is 4.04. The second kappa shape index (κ2) is 3.06. The molecule has 1 atom stereocenters. The summed E-state index contributed by atoms with van der Waals surface area (Å²) in [6, 6.07) is 0. The summed E-state index contributed by atoms with van der Waals surface area (Å²) in [5.41, 5.74) is 0. The van der Waals surface area contributed by atoms with Crippen LogP contribution < -0.4 is 5.32 Å². The molecule has 2 nitrogen and oxygen atoms in total. The Morgan fingerprint density at radius 1 is 1.78 bits per heavy atom. The van der Waals surface area contributed by atoms with E-state index in [-0.39, 0.29) is 5.91 Å². The van der Waals surface area contributed by atoms with Gasteiger partial charge in [0.05, 0.1) is 0 Å². The Bertz CT molecular complexity index is 112. The van der Waals surface area contributed by atoms with Crippen molar-refractivity contribution in [3.05, 3.63) is 0 Å². The van der Waals surface area contributed by atoms with Gasteiger partial charge in [0.1, 0.15) is 4.87 Å². The highest BCUT2D eigenvalue weighted by Gasteiger charge is 2.26. The molecule has 1 amide bonds. The molecule has 0 bridgehead atoms. The zero-order chi connectivity index (χ0) is 7.49. The van der Waals surface area contributed by atoms with E-state index in [0.717, 1.165) is 0 Å². The molecule has 0 aromatic heterocycles. The Morgan fingerprint density at radius 3 is 2.33 bits per heavy atom. The number of carbonyl (C=O) groups is 1. The van der Waals surface area contributed by atoms with E-state index in [2.05, 4.69) is 5.32 Å². The topological polar surface area (TPSA) is 29.1 Å². The van der Waals surface area contributed by atoms with Crippen molar-refractivity contribution in [3.8, 4) is 0 Å². The van der Waals surface area contributed by atoms with Crippen LogP contribution in [-0.4, -0.2) is 17.8 Å². The van der Waals surface area contributed by atoms with E-state index in [1.165, 1.54) is 0 Å². The Balaban J connectivity index is 3.97. The number of carbonyl (C=O) groups excluding carboxylic acids is 1. The maximum Gasteiger partial charge on any atom is 0.240 e. The molecular formula is C6H12ClNO. The molecule has 0 radical (unpaired) electrons. The summed E-state index contributed by atoms with van der Waals surface area (Å²) >= 11 is 5.76. The predicted octanol–water partition coefficient (Wildman–Crippen LogP) is 1.14. The third-order valence-electron chi connectivity index (χ3n) is 1.36. The van der Waals surface area contributed by atoms with E-state index in [0.29, 0.717) is 6.42 Å². The summed E-state index contributed by atoms with van der Waals surface area (Å²) < 4.78 is 0. The third kappa shape index (κ3) is 2.22. The number of halogens is 1. The molecule has 0 spiro atoms. The van der Waals surface area contributed by atoms with Gasteiger partial charge in [-0.05, 0) is 13.3 Å². The van der Waals surface area contributed by atoms with Gasteiger partial charge in [0.15, 0.2) is 0 Å². The Kier molecular flexibility index (Phi) is 2.98. The second-order valence-corrected chi connectivity index (χ2v) is 2.96. The van der Waals surface area contributed by atoms with Crippen molar-refractivity contribution in [2.45, 2.75) is 25.1 Å². The largest absolute Gasteiger partial charge is 0.358 e. The fourth-order valence-corrected chi connectivity index (χ4v) is 0.516. The van der Waals surface area contributed by atoms with Crippen LogP contribution in [0.25, 0.3) is 0 Å². The molecule has 0 aromatic rings. The average molecular weight is 150 g/mol. The third-order valence-corrected chi connectivity index (χ3v) is 1.80. The first kappa shape index (κ1) is 8.76. The maximum absolute atomic E-state index is 10.8. The van der Waals surface area contributed by atoms with Gasteiger partial charge in [-0.3, -0.25) is 4.79 Å². The van der Waals surface area contributed by atoms with Crippen molar-refractivity contribution >= 4 is 17.5 Å². The van der Waals surface area contributed by atoms with E-state index in [1.807, 2.05) is 6.92 Å². The lowest BCUT2D eigenvalue weighted by atomic mass is 10.1. The smallest absolute Gasteiger partial charge is 0.240 e. The summed E-state index contributed by atoms with van der Waals surface area (Å²) in [4.78, 5) is 10.1. The second-order valence-electron chi connectivity index (χ2n) is 2.13. The quantitative estimate of drug-likeness (QED) is 0.587. The molecule has 3 heteroatoms. The number of rotatable bonds is 2. The van der Waals surface area contributed by atoms with Crippen LogP contribution in [0.1, 0.15) is 20.3 Å². The van der Waals surface area contributed by atoms with Gasteiger partial charge < -0.3 is 5.32 Å². The highest BCUT2D eigenvalue weighted by molar-refractivity contribution is 6.34. The highest BCUT2D eigenvalue weighted by atomic mass is 35.5. The molecule has 0 saturated heterocycles. The summed E-state index contributed by atoms with van der Waals surface area (Å²) in [7, 11) is 1.58. The van der Waals surface area contributed by atoms with Crippen LogP contribution in [-0.2, 0) is 4.79 Å². The molecule has 0 rings (SSSR count). The van der Waals surface area contributed by atoms with Crippen LogP contribution in [0, 0.1) is 0 Å². The standard InChI is InChI=1S/C6H12ClNO/c1-4-6(2,7)5(9)8-3/h4H2,1-3H3,(H,8,9). The zero-order valence-electron chi connectivity index (χ0n) is 5.99. The fraction of sp³-hybridized carbons (Fsp3) is 0.833. The molecule has 0 aliphatic heterocycles. The predicted molar refractivity (Wildman–Crippen MR) is 38.6 cm³/mol. The maximum atomic E-state index is 10.8. The first-order valence-corrected chi connectivity index (χ1v) is 3.33. The molecule has 0 aliphatic rings. The molecule has 1 N–H and O–H groups in total. The number of hydrogen-bond donors (Lipinski definition) is 1. The van der Waals surface area contributed by atoms with E-state index < -0.39 is 4.87 Å². The number of nitrogens with one attached hydrogen (secondary N) is 1. The summed E-state index contributed by atoms with van der Waals surface area (Å²) in [5.74, 6) is -0.119. The Labute approximate surface area is 60.6 Å². The molecule has 0 aliphatic carbocycles. The van der Waals surface area contributed by atoms with Gasteiger partial charge in [-0.15, -0.1) is 11.6 Å². The number of hydrogen-bond acceptors (Lipinski definition) is 1. The number of alkyl halides is 1. The van der Waals surface area contributed by atoms with Crippen LogP contribution in [0.4, 0.5) is 0 Å². The van der Waals surface area contributed by atoms with E-state index in [4.69, 9.17) is 11.6 Å². The van der Waals surface area contributed by atoms with Crippen molar-refractivity contribution < 1.29 is 4.79 Å². The van der Waals surface area contributed by atoms with Gasteiger partial charge in [-0.25, -0.2) is 0 Å². The molecule has 1 unspecified atom stereocenters. The van der Waals surface area contributed by atoms with Crippen LogP contribution in [0.15, 0.2) is 0 Å². The van der Waals surface area contributed by atoms with Crippen molar-refractivity contribution in [3.63, 3.8) is 0 Å². The minimum Gasteiger partial charge on any atom is -0.358 e. The lowest BCUT2D eigenvalue weighted by molar-refractivity contribution is -0.122. The minimum absolute atomic E-state index is 0.119. The zero-order valence-corrected chi connectivity index (χ0v) is 6.75. The summed E-state index contributed by atoms with van der Waals surface area (Å²) in [6.45, 7) is 3.58. The molecule has 0 saturated carbocycles. The van der Waals surface area contributed by atoms with Crippen molar-refractivity contribution in [1.29, 1.82) is 0 Å². The minimum atomic E-state index is -0.727. The first-order valence-electron chi connectivity index (χ1n) is 2.95. The fourth-order valence-electron chi connectivity index (χ4n) is 0.421. The van der Waals surface area contributed by atoms with Crippen LogP contribution in [0.3, 0.4) is 0 Å². The van der Waals surface area contributed by atoms with Crippen LogP contribution in [0.5, 0.6) is 0 Å². The Hall–Kier alpha value is -0.240. The van der Waals surface area contributed by atoms with Gasteiger partial charge in [-0.2, -0.15) is 0 Å². The summed E-state index contributed by atoms with van der Waals surface area (Å²) in [5, 5.41) is 2.49.